The first-order valence-corrected chi connectivity index (χ1v) is 6.08. The fourth-order valence-corrected chi connectivity index (χ4v) is 1.64. The second-order valence-corrected chi connectivity index (χ2v) is 4.74. The Kier molecular flexibility index (Phi) is 5.45. The molecule has 3 heteroatoms. The molecular formula is C14H23NO2. The van der Waals surface area contributed by atoms with Gasteiger partial charge in [-0.3, -0.25) is 0 Å². The monoisotopic (exact) mass is 237 g/mol. The van der Waals surface area contributed by atoms with Gasteiger partial charge in [0.25, 0.3) is 0 Å². The molecular weight excluding hydrogens is 214 g/mol. The van der Waals surface area contributed by atoms with Crippen LogP contribution in [0.4, 0.5) is 0 Å². The van der Waals surface area contributed by atoms with Gasteiger partial charge in [-0.2, -0.15) is 0 Å². The Hall–Kier alpha value is -1.06. The fourth-order valence-electron chi connectivity index (χ4n) is 1.64. The third-order valence-corrected chi connectivity index (χ3v) is 3.30. The smallest absolute Gasteiger partial charge is 0.123 e. The van der Waals surface area contributed by atoms with Crippen LogP contribution in [0.15, 0.2) is 24.3 Å². The largest absolute Gasteiger partial charge is 0.496 e. The SMILES string of the molecule is CCC(C)(CO)CNCc1ccccc1OC. The number of para-hydroxylation sites is 1. The van der Waals surface area contributed by atoms with E-state index in [0.29, 0.717) is 0 Å². The summed E-state index contributed by atoms with van der Waals surface area (Å²) in [6.07, 6.45) is 0.961. The number of hydrogen-bond donors (Lipinski definition) is 2. The Balaban J connectivity index is 2.51. The predicted molar refractivity (Wildman–Crippen MR) is 70.2 cm³/mol. The minimum Gasteiger partial charge on any atom is -0.496 e. The lowest BCUT2D eigenvalue weighted by atomic mass is 9.88. The van der Waals surface area contributed by atoms with Gasteiger partial charge < -0.3 is 15.2 Å². The van der Waals surface area contributed by atoms with Crippen molar-refractivity contribution in [1.29, 1.82) is 0 Å². The summed E-state index contributed by atoms with van der Waals surface area (Å²) < 4.78 is 5.29. The van der Waals surface area contributed by atoms with Crippen molar-refractivity contribution in [3.63, 3.8) is 0 Å². The van der Waals surface area contributed by atoms with Crippen molar-refractivity contribution in [1.82, 2.24) is 5.32 Å². The minimum atomic E-state index is -0.0397. The Morgan fingerprint density at radius 2 is 2.06 bits per heavy atom. The first-order valence-electron chi connectivity index (χ1n) is 6.08. The molecule has 1 rings (SSSR count). The van der Waals surface area contributed by atoms with E-state index in [2.05, 4.69) is 19.2 Å². The molecule has 0 saturated heterocycles. The van der Waals surface area contributed by atoms with Crippen molar-refractivity contribution in [2.75, 3.05) is 20.3 Å². The molecule has 0 amide bonds. The summed E-state index contributed by atoms with van der Waals surface area (Å²) in [5.41, 5.74) is 1.11. The van der Waals surface area contributed by atoms with E-state index in [1.165, 1.54) is 0 Å². The van der Waals surface area contributed by atoms with Crippen LogP contribution >= 0.6 is 0 Å². The van der Waals surface area contributed by atoms with Gasteiger partial charge in [0.2, 0.25) is 0 Å². The lowest BCUT2D eigenvalue weighted by Crippen LogP contribution is -2.34. The molecule has 3 nitrogen and oxygen atoms in total. The van der Waals surface area contributed by atoms with Crippen molar-refractivity contribution in [3.05, 3.63) is 29.8 Å². The number of aliphatic hydroxyl groups excluding tert-OH is 1. The summed E-state index contributed by atoms with van der Waals surface area (Å²) in [4.78, 5) is 0. The summed E-state index contributed by atoms with van der Waals surface area (Å²) >= 11 is 0. The zero-order chi connectivity index (χ0) is 12.7. The highest BCUT2D eigenvalue weighted by Crippen LogP contribution is 2.20. The van der Waals surface area contributed by atoms with E-state index in [1.54, 1.807) is 7.11 Å². The number of ether oxygens (including phenoxy) is 1. The molecule has 0 radical (unpaired) electrons. The standard InChI is InChI=1S/C14H23NO2/c1-4-14(2,11-16)10-15-9-12-7-5-6-8-13(12)17-3/h5-8,15-16H,4,9-11H2,1-3H3. The molecule has 96 valence electrons. The van der Waals surface area contributed by atoms with E-state index < -0.39 is 0 Å². The number of hydrogen-bond acceptors (Lipinski definition) is 3. The van der Waals surface area contributed by atoms with Gasteiger partial charge in [0.1, 0.15) is 5.75 Å². The van der Waals surface area contributed by atoms with E-state index in [9.17, 15) is 5.11 Å². The van der Waals surface area contributed by atoms with Gasteiger partial charge in [-0.05, 0) is 12.5 Å². The van der Waals surface area contributed by atoms with E-state index in [1.807, 2.05) is 24.3 Å². The van der Waals surface area contributed by atoms with Crippen LogP contribution < -0.4 is 10.1 Å². The van der Waals surface area contributed by atoms with Crippen molar-refractivity contribution in [2.45, 2.75) is 26.8 Å². The Morgan fingerprint density at radius 1 is 1.35 bits per heavy atom. The molecule has 0 aliphatic carbocycles. The molecule has 1 atom stereocenters. The average molecular weight is 237 g/mol. The van der Waals surface area contributed by atoms with Crippen LogP contribution in [0.5, 0.6) is 5.75 Å². The molecule has 0 saturated carbocycles. The summed E-state index contributed by atoms with van der Waals surface area (Å²) in [7, 11) is 1.68. The number of rotatable bonds is 7. The summed E-state index contributed by atoms with van der Waals surface area (Å²) in [5, 5.41) is 12.7. The number of aliphatic hydroxyl groups is 1. The van der Waals surface area contributed by atoms with Crippen LogP contribution in [0.1, 0.15) is 25.8 Å². The molecule has 2 N–H and O–H groups in total. The molecule has 17 heavy (non-hydrogen) atoms. The van der Waals surface area contributed by atoms with Crippen LogP contribution in [0.25, 0.3) is 0 Å². The second-order valence-electron chi connectivity index (χ2n) is 4.74. The number of nitrogens with one attached hydrogen (secondary N) is 1. The van der Waals surface area contributed by atoms with Crippen LogP contribution in [-0.2, 0) is 6.54 Å². The zero-order valence-corrected chi connectivity index (χ0v) is 11.0. The topological polar surface area (TPSA) is 41.5 Å². The highest BCUT2D eigenvalue weighted by Gasteiger charge is 2.20. The van der Waals surface area contributed by atoms with Gasteiger partial charge in [0.05, 0.1) is 7.11 Å². The van der Waals surface area contributed by atoms with Crippen LogP contribution in [0.2, 0.25) is 0 Å². The van der Waals surface area contributed by atoms with E-state index in [4.69, 9.17) is 4.74 Å². The average Bonchev–Trinajstić information content (AvgIpc) is 2.39. The summed E-state index contributed by atoms with van der Waals surface area (Å²) in [6, 6.07) is 7.98. The first-order chi connectivity index (χ1) is 8.15. The van der Waals surface area contributed by atoms with Gasteiger partial charge in [0, 0.05) is 30.7 Å². The fraction of sp³-hybridized carbons (Fsp3) is 0.571. The van der Waals surface area contributed by atoms with E-state index in [0.717, 1.165) is 30.8 Å². The normalized spacial score (nSPS) is 14.4. The first kappa shape index (κ1) is 14.0. The molecule has 1 aromatic rings. The molecule has 0 spiro atoms. The van der Waals surface area contributed by atoms with E-state index in [-0.39, 0.29) is 12.0 Å². The molecule has 0 aliphatic heterocycles. The molecule has 0 aromatic heterocycles. The molecule has 1 aromatic carbocycles. The number of methoxy groups -OCH3 is 1. The highest BCUT2D eigenvalue weighted by atomic mass is 16.5. The van der Waals surface area contributed by atoms with Gasteiger partial charge in [-0.25, -0.2) is 0 Å². The Labute approximate surface area is 104 Å². The van der Waals surface area contributed by atoms with Crippen LogP contribution in [-0.4, -0.2) is 25.4 Å². The molecule has 0 fully saturated rings. The van der Waals surface area contributed by atoms with Crippen molar-refractivity contribution in [3.8, 4) is 5.75 Å². The minimum absolute atomic E-state index is 0.0397. The molecule has 1 unspecified atom stereocenters. The Morgan fingerprint density at radius 3 is 2.65 bits per heavy atom. The zero-order valence-electron chi connectivity index (χ0n) is 11.0. The van der Waals surface area contributed by atoms with Gasteiger partial charge in [0.15, 0.2) is 0 Å². The second kappa shape index (κ2) is 6.62. The van der Waals surface area contributed by atoms with Crippen LogP contribution in [0, 0.1) is 5.41 Å². The summed E-state index contributed by atoms with van der Waals surface area (Å²) in [6.45, 7) is 5.96. The van der Waals surface area contributed by atoms with E-state index >= 15 is 0 Å². The van der Waals surface area contributed by atoms with Crippen molar-refractivity contribution >= 4 is 0 Å². The Bertz CT molecular complexity index is 335. The summed E-state index contributed by atoms with van der Waals surface area (Å²) in [5.74, 6) is 0.905. The van der Waals surface area contributed by atoms with Crippen molar-refractivity contribution < 1.29 is 9.84 Å². The lowest BCUT2D eigenvalue weighted by Gasteiger charge is -2.26. The molecule has 0 aliphatic rings. The van der Waals surface area contributed by atoms with Crippen LogP contribution in [0.3, 0.4) is 0 Å². The van der Waals surface area contributed by atoms with Crippen molar-refractivity contribution in [2.24, 2.45) is 5.41 Å². The molecule has 0 bridgehead atoms. The van der Waals surface area contributed by atoms with Gasteiger partial charge in [-0.15, -0.1) is 0 Å². The maximum atomic E-state index is 9.32. The third-order valence-electron chi connectivity index (χ3n) is 3.30. The number of benzene rings is 1. The third kappa shape index (κ3) is 4.02. The molecule has 0 heterocycles. The maximum absolute atomic E-state index is 9.32. The highest BCUT2D eigenvalue weighted by molar-refractivity contribution is 5.32. The lowest BCUT2D eigenvalue weighted by molar-refractivity contribution is 0.135. The van der Waals surface area contributed by atoms with Gasteiger partial charge in [-0.1, -0.05) is 32.0 Å². The quantitative estimate of drug-likeness (QED) is 0.764. The predicted octanol–water partition coefficient (Wildman–Crippen LogP) is 2.19. The van der Waals surface area contributed by atoms with Gasteiger partial charge >= 0.3 is 0 Å². The maximum Gasteiger partial charge on any atom is 0.123 e.